The zero-order chi connectivity index (χ0) is 18.4. The largest absolute Gasteiger partial charge is 0.363 e. The number of likely N-dealkylation sites (N-methyl/N-ethyl adjacent to an activating group) is 1. The average molecular weight is 364 g/mol. The maximum atomic E-state index is 12.9. The molecule has 138 valence electrons. The molecule has 0 aliphatic carbocycles. The Morgan fingerprint density at radius 3 is 2.85 bits per heavy atom. The van der Waals surface area contributed by atoms with Crippen molar-refractivity contribution in [3.63, 3.8) is 0 Å². The minimum absolute atomic E-state index is 0.0522. The molecule has 0 N–H and O–H groups in total. The second kappa shape index (κ2) is 6.31. The van der Waals surface area contributed by atoms with Crippen LogP contribution in [0.15, 0.2) is 42.7 Å². The van der Waals surface area contributed by atoms with Crippen LogP contribution in [0.1, 0.15) is 11.1 Å². The summed E-state index contributed by atoms with van der Waals surface area (Å²) in [6.07, 6.45) is 1.83. The van der Waals surface area contributed by atoms with E-state index in [4.69, 9.17) is 4.74 Å². The van der Waals surface area contributed by atoms with Gasteiger partial charge in [0, 0.05) is 26.6 Å². The minimum Gasteiger partial charge on any atom is -0.363 e. The smallest absolute Gasteiger partial charge is 0.252 e. The molecule has 1 aromatic carbocycles. The lowest BCUT2D eigenvalue weighted by Crippen LogP contribution is -2.61. The molecular formula is C19H20N6O2. The molecule has 0 radical (unpaired) electrons. The Balaban J connectivity index is 1.22. The number of carbonyl (C=O) groups excluding carboxylic acids is 1. The summed E-state index contributed by atoms with van der Waals surface area (Å²) in [5.74, 6) is 0.915. The molecule has 0 saturated carbocycles. The highest BCUT2D eigenvalue weighted by molar-refractivity contribution is 5.82. The second-order valence-corrected chi connectivity index (χ2v) is 7.11. The van der Waals surface area contributed by atoms with Gasteiger partial charge in [0.2, 0.25) is 0 Å². The Morgan fingerprint density at radius 1 is 1.19 bits per heavy atom. The van der Waals surface area contributed by atoms with Crippen LogP contribution in [0.25, 0.3) is 5.65 Å². The van der Waals surface area contributed by atoms with Crippen LogP contribution < -0.4 is 4.90 Å². The Bertz CT molecular complexity index is 997. The van der Waals surface area contributed by atoms with Gasteiger partial charge in [0.05, 0.1) is 12.6 Å². The monoisotopic (exact) mass is 364 g/mol. The predicted octanol–water partition coefficient (Wildman–Crippen LogP) is 0.913. The van der Waals surface area contributed by atoms with Crippen molar-refractivity contribution in [2.45, 2.75) is 25.2 Å². The van der Waals surface area contributed by atoms with Gasteiger partial charge in [-0.05, 0) is 23.3 Å². The third-order valence-corrected chi connectivity index (χ3v) is 5.47. The minimum atomic E-state index is -0.398. The Hall–Kier alpha value is -3.00. The van der Waals surface area contributed by atoms with Gasteiger partial charge in [0.15, 0.2) is 5.65 Å². The first-order chi connectivity index (χ1) is 13.2. The molecule has 0 bridgehead atoms. The van der Waals surface area contributed by atoms with Crippen molar-refractivity contribution >= 4 is 17.4 Å². The summed E-state index contributed by atoms with van der Waals surface area (Å²) in [6.45, 7) is 2.01. The number of aromatic nitrogens is 4. The summed E-state index contributed by atoms with van der Waals surface area (Å²) in [7, 11) is 1.87. The van der Waals surface area contributed by atoms with Crippen LogP contribution in [0.3, 0.4) is 0 Å². The first-order valence-electron chi connectivity index (χ1n) is 9.06. The van der Waals surface area contributed by atoms with Crippen LogP contribution in [-0.4, -0.2) is 62.9 Å². The Labute approximate surface area is 156 Å². The third kappa shape index (κ3) is 2.82. The molecule has 1 unspecified atom stereocenters. The van der Waals surface area contributed by atoms with Gasteiger partial charge in [-0.2, -0.15) is 4.52 Å². The molecular weight excluding hydrogens is 344 g/mol. The molecule has 1 atom stereocenters. The van der Waals surface area contributed by atoms with E-state index in [1.807, 2.05) is 36.2 Å². The van der Waals surface area contributed by atoms with Crippen molar-refractivity contribution in [3.8, 4) is 0 Å². The van der Waals surface area contributed by atoms with Crippen molar-refractivity contribution in [1.82, 2.24) is 24.7 Å². The number of nitrogens with zero attached hydrogens (tertiary/aromatic N) is 6. The molecule has 5 rings (SSSR count). The van der Waals surface area contributed by atoms with Crippen molar-refractivity contribution in [3.05, 3.63) is 53.9 Å². The van der Waals surface area contributed by atoms with Gasteiger partial charge in [0.1, 0.15) is 18.2 Å². The summed E-state index contributed by atoms with van der Waals surface area (Å²) < 4.78 is 7.48. The summed E-state index contributed by atoms with van der Waals surface area (Å²) in [5.41, 5.74) is 3.10. The summed E-state index contributed by atoms with van der Waals surface area (Å²) in [4.78, 5) is 16.8. The van der Waals surface area contributed by atoms with Crippen molar-refractivity contribution in [2.75, 3.05) is 25.0 Å². The number of hydrogen-bond donors (Lipinski definition) is 0. The van der Waals surface area contributed by atoms with Gasteiger partial charge in [-0.25, -0.2) is 0 Å². The highest BCUT2D eigenvalue weighted by atomic mass is 16.5. The molecule has 2 aromatic heterocycles. The van der Waals surface area contributed by atoms with E-state index in [2.05, 4.69) is 32.3 Å². The maximum Gasteiger partial charge on any atom is 0.252 e. The first kappa shape index (κ1) is 16.2. The molecule has 3 aromatic rings. The van der Waals surface area contributed by atoms with E-state index in [0.717, 1.165) is 24.6 Å². The van der Waals surface area contributed by atoms with E-state index >= 15 is 0 Å². The zero-order valence-electron chi connectivity index (χ0n) is 15.0. The quantitative estimate of drug-likeness (QED) is 0.688. The van der Waals surface area contributed by atoms with E-state index in [1.54, 1.807) is 10.8 Å². The van der Waals surface area contributed by atoms with Crippen LogP contribution in [0.4, 0.5) is 5.82 Å². The van der Waals surface area contributed by atoms with E-state index < -0.39 is 6.10 Å². The zero-order valence-corrected chi connectivity index (χ0v) is 15.0. The Kier molecular flexibility index (Phi) is 3.78. The van der Waals surface area contributed by atoms with E-state index in [0.29, 0.717) is 13.0 Å². The second-order valence-electron chi connectivity index (χ2n) is 7.11. The SMILES string of the molecule is CN(C(=O)C1Cc2ccccc2CO1)C1CN(c2ccc3nncn3n2)C1. The lowest BCUT2D eigenvalue weighted by molar-refractivity contribution is -0.146. The molecule has 27 heavy (non-hydrogen) atoms. The molecule has 1 saturated heterocycles. The number of rotatable bonds is 3. The van der Waals surface area contributed by atoms with Crippen LogP contribution in [0.5, 0.6) is 0 Å². The number of ether oxygens (including phenoxy) is 1. The molecule has 0 spiro atoms. The number of anilines is 1. The highest BCUT2D eigenvalue weighted by Gasteiger charge is 2.37. The van der Waals surface area contributed by atoms with Gasteiger partial charge in [-0.15, -0.1) is 15.3 Å². The van der Waals surface area contributed by atoms with Crippen molar-refractivity contribution < 1.29 is 9.53 Å². The number of carbonyl (C=O) groups is 1. The van der Waals surface area contributed by atoms with E-state index in [1.165, 1.54) is 11.1 Å². The molecule has 2 aliphatic rings. The number of fused-ring (bicyclic) bond motifs is 2. The fourth-order valence-corrected chi connectivity index (χ4v) is 3.69. The summed E-state index contributed by atoms with van der Waals surface area (Å²) in [6, 6.07) is 12.1. The molecule has 8 nitrogen and oxygen atoms in total. The van der Waals surface area contributed by atoms with E-state index in [-0.39, 0.29) is 11.9 Å². The normalized spacial score (nSPS) is 19.6. The van der Waals surface area contributed by atoms with Crippen molar-refractivity contribution in [2.24, 2.45) is 0 Å². The third-order valence-electron chi connectivity index (χ3n) is 5.47. The Morgan fingerprint density at radius 2 is 2.00 bits per heavy atom. The van der Waals surface area contributed by atoms with Crippen molar-refractivity contribution in [1.29, 1.82) is 0 Å². The fraction of sp³-hybridized carbons (Fsp3) is 0.368. The van der Waals surface area contributed by atoms with Gasteiger partial charge < -0.3 is 14.5 Å². The number of benzene rings is 1. The lowest BCUT2D eigenvalue weighted by Gasteiger charge is -2.45. The lowest BCUT2D eigenvalue weighted by atomic mass is 9.98. The molecule has 4 heterocycles. The van der Waals surface area contributed by atoms with Crippen LogP contribution in [0, 0.1) is 0 Å². The van der Waals surface area contributed by atoms with Crippen LogP contribution in [0.2, 0.25) is 0 Å². The molecule has 8 heteroatoms. The van der Waals surface area contributed by atoms with Crippen LogP contribution >= 0.6 is 0 Å². The standard InChI is InChI=1S/C19H20N6O2/c1-23(19(26)16-8-13-4-2-3-5-14(13)11-27-16)15-9-24(10-15)18-7-6-17-21-20-12-25(17)22-18/h2-7,12,15-16H,8-11H2,1H3. The fourth-order valence-electron chi connectivity index (χ4n) is 3.69. The van der Waals surface area contributed by atoms with Gasteiger partial charge in [-0.1, -0.05) is 24.3 Å². The van der Waals surface area contributed by atoms with Gasteiger partial charge in [0.25, 0.3) is 5.91 Å². The summed E-state index contributed by atoms with van der Waals surface area (Å²) in [5, 5.41) is 12.3. The maximum absolute atomic E-state index is 12.9. The van der Waals surface area contributed by atoms with Gasteiger partial charge in [-0.3, -0.25) is 4.79 Å². The average Bonchev–Trinajstić information content (AvgIpc) is 3.13. The van der Waals surface area contributed by atoms with Gasteiger partial charge >= 0.3 is 0 Å². The highest BCUT2D eigenvalue weighted by Crippen LogP contribution is 2.25. The molecule has 2 aliphatic heterocycles. The summed E-state index contributed by atoms with van der Waals surface area (Å²) >= 11 is 0. The number of hydrogen-bond acceptors (Lipinski definition) is 6. The number of amides is 1. The van der Waals surface area contributed by atoms with E-state index in [9.17, 15) is 4.79 Å². The predicted molar refractivity (Wildman–Crippen MR) is 98.3 cm³/mol. The molecule has 1 amide bonds. The first-order valence-corrected chi connectivity index (χ1v) is 9.06. The van der Waals surface area contributed by atoms with Crippen LogP contribution in [-0.2, 0) is 22.6 Å². The molecule has 1 fully saturated rings. The topological polar surface area (TPSA) is 75.9 Å².